The topological polar surface area (TPSA) is 62.7 Å². The number of piperazine rings is 1. The molecule has 0 spiro atoms. The van der Waals surface area contributed by atoms with Gasteiger partial charge in [0.15, 0.2) is 0 Å². The highest BCUT2D eigenvalue weighted by molar-refractivity contribution is 6.32. The minimum Gasteiger partial charge on any atom is -0.462 e. The monoisotopic (exact) mass is 249 g/mol. The molecule has 2 heterocycles. The predicted octanol–water partition coefficient (Wildman–Crippen LogP) is -0.0968. The SMILES string of the molecule is COC(=O)C(=O)N1CCN(c2ccccn2)CC1. The molecule has 0 atom stereocenters. The van der Waals surface area contributed by atoms with Gasteiger partial charge in [-0.2, -0.15) is 0 Å². The van der Waals surface area contributed by atoms with Gasteiger partial charge in [0, 0.05) is 32.4 Å². The molecule has 96 valence electrons. The number of methoxy groups -OCH3 is 1. The van der Waals surface area contributed by atoms with E-state index in [2.05, 4.69) is 14.6 Å². The van der Waals surface area contributed by atoms with Gasteiger partial charge in [-0.1, -0.05) is 6.07 Å². The molecule has 6 heteroatoms. The molecule has 18 heavy (non-hydrogen) atoms. The van der Waals surface area contributed by atoms with E-state index in [0.717, 1.165) is 5.82 Å². The van der Waals surface area contributed by atoms with Crippen LogP contribution in [-0.2, 0) is 14.3 Å². The second-order valence-corrected chi connectivity index (χ2v) is 3.96. The normalized spacial score (nSPS) is 15.4. The standard InChI is InChI=1S/C12H15N3O3/c1-18-12(17)11(16)15-8-6-14(7-9-15)10-4-2-3-5-13-10/h2-5H,6-9H2,1H3. The smallest absolute Gasteiger partial charge is 0.396 e. The summed E-state index contributed by atoms with van der Waals surface area (Å²) in [4.78, 5) is 30.6. The van der Waals surface area contributed by atoms with Gasteiger partial charge in [-0.05, 0) is 12.1 Å². The Kier molecular flexibility index (Phi) is 3.76. The summed E-state index contributed by atoms with van der Waals surface area (Å²) < 4.78 is 4.42. The molecule has 1 aromatic rings. The number of anilines is 1. The molecular weight excluding hydrogens is 234 g/mol. The molecule has 6 nitrogen and oxygen atoms in total. The maximum Gasteiger partial charge on any atom is 0.396 e. The molecular formula is C12H15N3O3. The molecule has 1 amide bonds. The van der Waals surface area contributed by atoms with Crippen molar-refractivity contribution in [3.8, 4) is 0 Å². The molecule has 0 aliphatic carbocycles. The van der Waals surface area contributed by atoms with Crippen molar-refractivity contribution >= 4 is 17.7 Å². The number of aromatic nitrogens is 1. The van der Waals surface area contributed by atoms with Crippen LogP contribution in [0.4, 0.5) is 5.82 Å². The van der Waals surface area contributed by atoms with Gasteiger partial charge in [-0.25, -0.2) is 9.78 Å². The van der Waals surface area contributed by atoms with E-state index < -0.39 is 11.9 Å². The van der Waals surface area contributed by atoms with E-state index in [-0.39, 0.29) is 0 Å². The van der Waals surface area contributed by atoms with Gasteiger partial charge in [0.1, 0.15) is 5.82 Å². The summed E-state index contributed by atoms with van der Waals surface area (Å²) >= 11 is 0. The van der Waals surface area contributed by atoms with E-state index in [9.17, 15) is 9.59 Å². The first-order valence-corrected chi connectivity index (χ1v) is 5.75. The van der Waals surface area contributed by atoms with Crippen LogP contribution in [0, 0.1) is 0 Å². The molecule has 1 aromatic heterocycles. The lowest BCUT2D eigenvalue weighted by Gasteiger charge is -2.34. The van der Waals surface area contributed by atoms with E-state index >= 15 is 0 Å². The zero-order valence-electron chi connectivity index (χ0n) is 10.2. The Morgan fingerprint density at radius 2 is 1.94 bits per heavy atom. The van der Waals surface area contributed by atoms with Crippen molar-refractivity contribution in [2.24, 2.45) is 0 Å². The fourth-order valence-electron chi connectivity index (χ4n) is 1.90. The third-order valence-corrected chi connectivity index (χ3v) is 2.90. The van der Waals surface area contributed by atoms with E-state index in [4.69, 9.17) is 0 Å². The Balaban J connectivity index is 1.92. The van der Waals surface area contributed by atoms with E-state index in [0.29, 0.717) is 26.2 Å². The van der Waals surface area contributed by atoms with Crippen molar-refractivity contribution < 1.29 is 14.3 Å². The highest BCUT2D eigenvalue weighted by Gasteiger charge is 2.26. The maximum absolute atomic E-state index is 11.6. The average molecular weight is 249 g/mol. The second-order valence-electron chi connectivity index (χ2n) is 3.96. The molecule has 1 aliphatic rings. The summed E-state index contributed by atoms with van der Waals surface area (Å²) in [7, 11) is 1.21. The predicted molar refractivity (Wildman–Crippen MR) is 65.0 cm³/mol. The lowest BCUT2D eigenvalue weighted by atomic mass is 10.3. The zero-order chi connectivity index (χ0) is 13.0. The number of amides is 1. The Labute approximate surface area is 105 Å². The fourth-order valence-corrected chi connectivity index (χ4v) is 1.90. The number of carbonyl (C=O) groups is 2. The number of nitrogens with zero attached hydrogens (tertiary/aromatic N) is 3. The summed E-state index contributed by atoms with van der Waals surface area (Å²) in [5, 5.41) is 0. The molecule has 1 aliphatic heterocycles. The number of rotatable bonds is 1. The number of hydrogen-bond acceptors (Lipinski definition) is 5. The van der Waals surface area contributed by atoms with Crippen LogP contribution < -0.4 is 4.90 Å². The summed E-state index contributed by atoms with van der Waals surface area (Å²) in [6, 6.07) is 5.71. The lowest BCUT2D eigenvalue weighted by Crippen LogP contribution is -2.51. The summed E-state index contributed by atoms with van der Waals surface area (Å²) in [5.41, 5.74) is 0. The second kappa shape index (κ2) is 5.48. The van der Waals surface area contributed by atoms with Crippen molar-refractivity contribution in [3.63, 3.8) is 0 Å². The fraction of sp³-hybridized carbons (Fsp3) is 0.417. The first-order chi connectivity index (χ1) is 8.72. The van der Waals surface area contributed by atoms with Crippen molar-refractivity contribution in [1.82, 2.24) is 9.88 Å². The molecule has 0 bridgehead atoms. The van der Waals surface area contributed by atoms with Gasteiger partial charge in [0.05, 0.1) is 7.11 Å². The van der Waals surface area contributed by atoms with Crippen LogP contribution in [0.5, 0.6) is 0 Å². The summed E-state index contributed by atoms with van der Waals surface area (Å²) in [5.74, 6) is -0.484. The van der Waals surface area contributed by atoms with Crippen molar-refractivity contribution in [1.29, 1.82) is 0 Å². The molecule has 0 aromatic carbocycles. The molecule has 0 saturated carbocycles. The summed E-state index contributed by atoms with van der Waals surface area (Å²) in [6.45, 7) is 2.34. The van der Waals surface area contributed by atoms with Gasteiger partial charge in [0.2, 0.25) is 0 Å². The third kappa shape index (κ3) is 2.58. The minimum absolute atomic E-state index is 0.504. The van der Waals surface area contributed by atoms with E-state index in [1.165, 1.54) is 12.0 Å². The van der Waals surface area contributed by atoms with E-state index in [1.807, 2.05) is 18.2 Å². The molecule has 0 radical (unpaired) electrons. The number of ether oxygens (including phenoxy) is 1. The minimum atomic E-state index is -0.804. The lowest BCUT2D eigenvalue weighted by molar-refractivity contribution is -0.158. The van der Waals surface area contributed by atoms with Crippen LogP contribution in [0.2, 0.25) is 0 Å². The molecule has 0 N–H and O–H groups in total. The third-order valence-electron chi connectivity index (χ3n) is 2.90. The van der Waals surface area contributed by atoms with Gasteiger partial charge in [-0.3, -0.25) is 4.79 Å². The van der Waals surface area contributed by atoms with Crippen LogP contribution >= 0.6 is 0 Å². The number of pyridine rings is 1. The average Bonchev–Trinajstić information content (AvgIpc) is 2.47. The Morgan fingerprint density at radius 3 is 2.50 bits per heavy atom. The van der Waals surface area contributed by atoms with Gasteiger partial charge in [-0.15, -0.1) is 0 Å². The Bertz CT molecular complexity index is 427. The van der Waals surface area contributed by atoms with Crippen LogP contribution in [0.15, 0.2) is 24.4 Å². The van der Waals surface area contributed by atoms with Gasteiger partial charge in [0.25, 0.3) is 0 Å². The van der Waals surface area contributed by atoms with Gasteiger partial charge >= 0.3 is 11.9 Å². The molecule has 1 fully saturated rings. The molecule has 1 saturated heterocycles. The number of carbonyl (C=O) groups excluding carboxylic acids is 2. The maximum atomic E-state index is 11.6. The van der Waals surface area contributed by atoms with Crippen molar-refractivity contribution in [2.45, 2.75) is 0 Å². The number of esters is 1. The number of hydrogen-bond donors (Lipinski definition) is 0. The highest BCUT2D eigenvalue weighted by Crippen LogP contribution is 2.12. The first kappa shape index (κ1) is 12.3. The molecule has 0 unspecified atom stereocenters. The Morgan fingerprint density at radius 1 is 1.22 bits per heavy atom. The van der Waals surface area contributed by atoms with Crippen LogP contribution in [0.1, 0.15) is 0 Å². The van der Waals surface area contributed by atoms with Crippen LogP contribution in [0.25, 0.3) is 0 Å². The largest absolute Gasteiger partial charge is 0.462 e. The van der Waals surface area contributed by atoms with Gasteiger partial charge < -0.3 is 14.5 Å². The first-order valence-electron chi connectivity index (χ1n) is 5.75. The summed E-state index contributed by atoms with van der Waals surface area (Å²) in [6.07, 6.45) is 1.74. The molecule has 2 rings (SSSR count). The van der Waals surface area contributed by atoms with Crippen molar-refractivity contribution in [3.05, 3.63) is 24.4 Å². The van der Waals surface area contributed by atoms with E-state index in [1.54, 1.807) is 6.20 Å². The quantitative estimate of drug-likeness (QED) is 0.514. The van der Waals surface area contributed by atoms with Crippen LogP contribution in [-0.4, -0.2) is 55.0 Å². The highest BCUT2D eigenvalue weighted by atomic mass is 16.5. The Hall–Kier alpha value is -2.11. The zero-order valence-corrected chi connectivity index (χ0v) is 10.2. The van der Waals surface area contributed by atoms with Crippen molar-refractivity contribution in [2.75, 3.05) is 38.2 Å². The van der Waals surface area contributed by atoms with Crippen LogP contribution in [0.3, 0.4) is 0 Å².